The van der Waals surface area contributed by atoms with Crippen LogP contribution in [-0.4, -0.2) is 193 Å². The zero-order valence-electron chi connectivity index (χ0n) is 34.6. The van der Waals surface area contributed by atoms with Crippen molar-refractivity contribution in [2.45, 2.75) is 79.8 Å². The van der Waals surface area contributed by atoms with Crippen LogP contribution < -0.4 is 5.32 Å². The third-order valence-corrected chi connectivity index (χ3v) is 8.59. The zero-order chi connectivity index (χ0) is 57.3. The fraction of sp³-hybridized carbons (Fsp3) is 0.500. The molecular formula is C32H25F15N4O22. The van der Waals surface area contributed by atoms with E-state index in [1.807, 2.05) is 0 Å². The number of hydrogen-bond donors (Lipinski definition) is 6. The van der Waals surface area contributed by atoms with Crippen LogP contribution in [-0.2, 0) is 78.1 Å². The molecule has 1 aromatic rings. The molecule has 0 aliphatic rings. The summed E-state index contributed by atoms with van der Waals surface area (Å²) in [4.78, 5) is 132. The number of nitro groups is 1. The van der Waals surface area contributed by atoms with E-state index in [0.29, 0.717) is 24.3 Å². The number of carboxylic acids is 5. The maximum Gasteiger partial charge on any atom is 0.491 e. The van der Waals surface area contributed by atoms with Crippen molar-refractivity contribution in [3.8, 4) is 0 Å². The van der Waals surface area contributed by atoms with Crippen molar-refractivity contribution < 1.29 is 168 Å². The number of alkyl halides is 15. The van der Waals surface area contributed by atoms with E-state index >= 15 is 0 Å². The fourth-order valence-corrected chi connectivity index (χ4v) is 5.64. The smallest absolute Gasteiger partial charge is 0.478 e. The highest BCUT2D eigenvalue weighted by molar-refractivity contribution is 5.88. The van der Waals surface area contributed by atoms with Gasteiger partial charge in [-0.1, -0.05) is 12.1 Å². The van der Waals surface area contributed by atoms with Crippen LogP contribution in [0.25, 0.3) is 0 Å². The largest absolute Gasteiger partial charge is 0.491 e. The number of halogens is 15. The molecule has 0 aliphatic heterocycles. The summed E-state index contributed by atoms with van der Waals surface area (Å²) in [7, 11) is 0.0755. The number of rotatable bonds is 24. The van der Waals surface area contributed by atoms with Crippen molar-refractivity contribution in [1.82, 2.24) is 15.1 Å². The lowest BCUT2D eigenvalue weighted by atomic mass is 9.74. The van der Waals surface area contributed by atoms with Gasteiger partial charge in [0.05, 0.1) is 4.92 Å². The van der Waals surface area contributed by atoms with Gasteiger partial charge in [-0.3, -0.25) is 20.3 Å². The molecule has 6 unspecified atom stereocenters. The average Bonchev–Trinajstić information content (AvgIpc) is 3.22. The molecule has 0 saturated carbocycles. The molecule has 0 radical (unpaired) electrons. The number of ether oxygens (including phenoxy) is 5. The average molecular weight is 1100 g/mol. The topological polar surface area (TPSA) is 380 Å². The number of esters is 5. The number of nitro benzene ring substituents is 1. The van der Waals surface area contributed by atoms with Gasteiger partial charge >= 0.3 is 90.6 Å². The van der Waals surface area contributed by atoms with Gasteiger partial charge in [0.2, 0.25) is 12.2 Å². The second-order valence-corrected chi connectivity index (χ2v) is 13.5. The molecule has 6 N–H and O–H groups in total. The molecule has 1 aromatic carbocycles. The summed E-state index contributed by atoms with van der Waals surface area (Å²) in [5, 5.41) is 62.0. The van der Waals surface area contributed by atoms with Gasteiger partial charge in [0, 0.05) is 31.3 Å². The minimum absolute atomic E-state index is 0.0755. The second kappa shape index (κ2) is 23.6. The number of carboxylic acid groups (broad SMARTS) is 5. The number of nitrogens with one attached hydrogen (secondary N) is 1. The Labute approximate surface area is 388 Å². The highest BCUT2D eigenvalue weighted by atomic mass is 19.4. The Bertz CT molecular complexity index is 2190. The molecule has 0 amide bonds. The first-order valence-electron chi connectivity index (χ1n) is 17.8. The van der Waals surface area contributed by atoms with Gasteiger partial charge in [0.25, 0.3) is 24.4 Å². The van der Waals surface area contributed by atoms with Crippen molar-refractivity contribution in [2.24, 2.45) is 0 Å². The van der Waals surface area contributed by atoms with Crippen LogP contribution in [0, 0.1) is 10.1 Å². The summed E-state index contributed by atoms with van der Waals surface area (Å²) < 4.78 is 221. The zero-order valence-corrected chi connectivity index (χ0v) is 34.6. The SMILES string of the molecule is CN(CCN(C(OC(=O)C(F)(F)F)C(=O)O)C(OC(=O)C(F)(F)F)C(=O)O)C(Cc1ccc([N+](=O)[O-])cc1)C(NC(OC(=O)C(F)(F)F)C(=O)O)(C(OC(=O)C(F)(F)F)C(=O)O)C(OC(=O)C(F)(F)F)C(=O)O. The number of likely N-dealkylation sites (N-methyl/N-ethyl adjacent to an activating group) is 1. The lowest BCUT2D eigenvalue weighted by Crippen LogP contribution is -2.79. The van der Waals surface area contributed by atoms with E-state index in [1.165, 1.54) is 0 Å². The number of aliphatic carboxylic acids is 5. The first kappa shape index (κ1) is 63.2. The lowest BCUT2D eigenvalue weighted by Gasteiger charge is -2.50. The molecule has 0 saturated heterocycles. The van der Waals surface area contributed by atoms with E-state index in [-0.39, 0.29) is 11.9 Å². The van der Waals surface area contributed by atoms with Crippen LogP contribution in [0.3, 0.4) is 0 Å². The molecule has 0 heterocycles. The Balaban J connectivity index is 4.97. The van der Waals surface area contributed by atoms with Crippen molar-refractivity contribution >= 4 is 65.4 Å². The molecule has 410 valence electrons. The summed E-state index contributed by atoms with van der Waals surface area (Å²) in [5.74, 6) is -35.5. The van der Waals surface area contributed by atoms with E-state index in [9.17, 15) is 149 Å². The molecule has 0 aliphatic carbocycles. The third kappa shape index (κ3) is 17.2. The van der Waals surface area contributed by atoms with Crippen LogP contribution >= 0.6 is 0 Å². The quantitative estimate of drug-likeness (QED) is 0.0208. The molecule has 73 heavy (non-hydrogen) atoms. The molecule has 0 bridgehead atoms. The van der Waals surface area contributed by atoms with Gasteiger partial charge in [-0.05, 0) is 19.0 Å². The highest BCUT2D eigenvalue weighted by Gasteiger charge is 2.66. The Morgan fingerprint density at radius 1 is 0.534 bits per heavy atom. The Hall–Kier alpha value is -7.85. The van der Waals surface area contributed by atoms with Gasteiger partial charge in [0.15, 0.2) is 0 Å². The number of carbonyl (C=O) groups excluding carboxylic acids is 5. The maximum atomic E-state index is 13.8. The van der Waals surface area contributed by atoms with Crippen LogP contribution in [0.1, 0.15) is 5.56 Å². The Morgan fingerprint density at radius 3 is 1.15 bits per heavy atom. The van der Waals surface area contributed by atoms with Gasteiger partial charge in [-0.15, -0.1) is 0 Å². The van der Waals surface area contributed by atoms with Crippen molar-refractivity contribution in [2.75, 3.05) is 20.1 Å². The molecule has 0 spiro atoms. The Morgan fingerprint density at radius 2 is 0.863 bits per heavy atom. The monoisotopic (exact) mass is 1100 g/mol. The van der Waals surface area contributed by atoms with Crippen molar-refractivity contribution in [1.29, 1.82) is 0 Å². The number of benzene rings is 1. The van der Waals surface area contributed by atoms with E-state index < -0.39 is 174 Å². The molecule has 6 atom stereocenters. The molecule has 26 nitrogen and oxygen atoms in total. The van der Waals surface area contributed by atoms with E-state index in [0.717, 1.165) is 5.32 Å². The van der Waals surface area contributed by atoms with Crippen molar-refractivity contribution in [3.05, 3.63) is 39.9 Å². The van der Waals surface area contributed by atoms with Crippen LogP contribution in [0.5, 0.6) is 0 Å². The fourth-order valence-electron chi connectivity index (χ4n) is 5.64. The minimum atomic E-state index is -6.63. The maximum absolute atomic E-state index is 13.8. The number of hydrogen-bond acceptors (Lipinski definition) is 20. The number of carbonyl (C=O) groups is 10. The second-order valence-electron chi connectivity index (χ2n) is 13.5. The van der Waals surface area contributed by atoms with Crippen LogP contribution in [0.2, 0.25) is 0 Å². The standard InChI is InChI=1S/C32H25F15N4O22/c1-49(6-7-50(15(20(58)59)72-25(65)31(42,43)44)16(21(60)61)73-26(66)32(45,46)47)11(8-9-2-4-10(5-3-9)51(67)68)27(12(17(52)53)69-22(62)28(33,34)35,13(18(54)55)70-23(63)29(36,37)38)48-14(19(56)57)71-24(64)30(39,40)41/h2-5,11-16,48H,6-8H2,1H3,(H,52,53)(H,54,55)(H,56,57)(H,58,59)(H,60,61). The van der Waals surface area contributed by atoms with Gasteiger partial charge < -0.3 is 49.2 Å². The first-order chi connectivity index (χ1) is 32.8. The van der Waals surface area contributed by atoms with Gasteiger partial charge in [-0.25, -0.2) is 52.8 Å². The summed E-state index contributed by atoms with van der Waals surface area (Å²) >= 11 is 0. The summed E-state index contributed by atoms with van der Waals surface area (Å²) in [5.41, 5.74) is -7.10. The molecule has 41 heteroatoms. The predicted molar refractivity (Wildman–Crippen MR) is 184 cm³/mol. The summed E-state index contributed by atoms with van der Waals surface area (Å²) in [6.45, 7) is -4.36. The third-order valence-electron chi connectivity index (χ3n) is 8.59. The van der Waals surface area contributed by atoms with E-state index in [4.69, 9.17) is 0 Å². The van der Waals surface area contributed by atoms with Crippen LogP contribution in [0.4, 0.5) is 71.5 Å². The number of nitrogens with zero attached hydrogens (tertiary/aromatic N) is 3. The molecular weight excluding hydrogens is 1080 g/mol. The molecule has 0 aromatic heterocycles. The van der Waals surface area contributed by atoms with E-state index in [1.54, 1.807) is 0 Å². The number of non-ortho nitro benzene ring substituents is 1. The van der Waals surface area contributed by atoms with Crippen LogP contribution in [0.15, 0.2) is 24.3 Å². The summed E-state index contributed by atoms with van der Waals surface area (Å²) in [6, 6.07) is -2.07. The molecule has 1 rings (SSSR count). The first-order valence-corrected chi connectivity index (χ1v) is 17.8. The minimum Gasteiger partial charge on any atom is -0.478 e. The van der Waals surface area contributed by atoms with E-state index in [2.05, 4.69) is 23.7 Å². The summed E-state index contributed by atoms with van der Waals surface area (Å²) in [6.07, 6.45) is -56.1. The normalized spacial score (nSPS) is 15.8. The predicted octanol–water partition coefficient (Wildman–Crippen LogP) is 0.734. The Kier molecular flexibility index (Phi) is 20.4. The van der Waals surface area contributed by atoms with Crippen molar-refractivity contribution in [3.63, 3.8) is 0 Å². The highest BCUT2D eigenvalue weighted by Crippen LogP contribution is 2.37. The van der Waals surface area contributed by atoms with Gasteiger partial charge in [0.1, 0.15) is 5.54 Å². The lowest BCUT2D eigenvalue weighted by molar-refractivity contribution is -0.384. The van der Waals surface area contributed by atoms with Gasteiger partial charge in [-0.2, -0.15) is 65.9 Å². The molecule has 0 fully saturated rings.